The number of carbonyl (C=O) groups excluding carboxylic acids is 1. The molecule has 0 bridgehead atoms. The number of hydrogen-bond acceptors (Lipinski definition) is 3. The van der Waals surface area contributed by atoms with Gasteiger partial charge in [-0.1, -0.05) is 0 Å². The number of amides is 1. The zero-order valence-electron chi connectivity index (χ0n) is 7.81. The average molecular weight is 211 g/mol. The average Bonchev–Trinajstić information content (AvgIpc) is 2.72. The molecule has 1 aromatic heterocycles. The Kier molecular flexibility index (Phi) is 2.77. The third kappa shape index (κ3) is 2.09. The van der Waals surface area contributed by atoms with Crippen molar-refractivity contribution in [2.75, 3.05) is 13.1 Å². The molecule has 1 N–H and O–H groups in total. The van der Waals surface area contributed by atoms with Crippen molar-refractivity contribution in [1.82, 2.24) is 15.1 Å². The molecule has 1 atom stereocenters. The van der Waals surface area contributed by atoms with Crippen LogP contribution in [0.15, 0.2) is 12.4 Å². The molecule has 4 nitrogen and oxygen atoms in total. The van der Waals surface area contributed by atoms with Crippen LogP contribution in [-0.4, -0.2) is 39.3 Å². The van der Waals surface area contributed by atoms with Crippen LogP contribution in [0.3, 0.4) is 0 Å². The number of aromatic amines is 1. The summed E-state index contributed by atoms with van der Waals surface area (Å²) in [5.41, 5.74) is 1.14. The number of aromatic nitrogens is 2. The number of carbonyl (C=O) groups is 1. The Hall–Kier alpha value is -0.970. The maximum atomic E-state index is 11.4. The van der Waals surface area contributed by atoms with Gasteiger partial charge >= 0.3 is 0 Å². The van der Waals surface area contributed by atoms with Crippen LogP contribution in [0, 0.1) is 0 Å². The summed E-state index contributed by atoms with van der Waals surface area (Å²) in [4.78, 5) is 13.3. The standard InChI is InChI=1S/C9H13N3OS/c13-9-3-8(14)6-12(9)2-1-7-4-10-11-5-7/h4-5,8,14H,1-3,6H2,(H,10,11). The van der Waals surface area contributed by atoms with E-state index in [1.54, 1.807) is 6.20 Å². The highest BCUT2D eigenvalue weighted by Crippen LogP contribution is 2.15. The molecule has 14 heavy (non-hydrogen) atoms. The predicted octanol–water partition coefficient (Wildman–Crippen LogP) is 0.483. The second-order valence-corrected chi connectivity index (χ2v) is 4.28. The Morgan fingerprint density at radius 2 is 2.57 bits per heavy atom. The molecule has 1 aliphatic rings. The van der Waals surface area contributed by atoms with Crippen LogP contribution in [0.25, 0.3) is 0 Å². The van der Waals surface area contributed by atoms with Crippen LogP contribution in [-0.2, 0) is 11.2 Å². The number of H-pyrrole nitrogens is 1. The molecule has 2 heterocycles. The van der Waals surface area contributed by atoms with E-state index in [0.29, 0.717) is 6.42 Å². The first-order chi connectivity index (χ1) is 6.75. The van der Waals surface area contributed by atoms with Crippen molar-refractivity contribution in [3.8, 4) is 0 Å². The Labute approximate surface area is 88.1 Å². The zero-order chi connectivity index (χ0) is 9.97. The van der Waals surface area contributed by atoms with Gasteiger partial charge in [-0.3, -0.25) is 9.89 Å². The van der Waals surface area contributed by atoms with Gasteiger partial charge < -0.3 is 4.90 Å². The highest BCUT2D eigenvalue weighted by atomic mass is 32.1. The first-order valence-electron chi connectivity index (χ1n) is 4.69. The third-order valence-corrected chi connectivity index (χ3v) is 2.77. The van der Waals surface area contributed by atoms with Crippen LogP contribution in [0.5, 0.6) is 0 Å². The Morgan fingerprint density at radius 3 is 3.14 bits per heavy atom. The van der Waals surface area contributed by atoms with Crippen molar-refractivity contribution >= 4 is 18.5 Å². The Bertz CT molecular complexity index is 312. The molecule has 0 radical (unpaired) electrons. The predicted molar refractivity (Wildman–Crippen MR) is 56.3 cm³/mol. The van der Waals surface area contributed by atoms with Crippen LogP contribution < -0.4 is 0 Å². The fourth-order valence-corrected chi connectivity index (χ4v) is 2.00. The van der Waals surface area contributed by atoms with Crippen molar-refractivity contribution in [3.63, 3.8) is 0 Å². The van der Waals surface area contributed by atoms with E-state index in [1.165, 1.54) is 0 Å². The highest BCUT2D eigenvalue weighted by Gasteiger charge is 2.26. The minimum atomic E-state index is 0.215. The number of nitrogens with zero attached hydrogens (tertiary/aromatic N) is 2. The van der Waals surface area contributed by atoms with Crippen LogP contribution >= 0.6 is 12.6 Å². The van der Waals surface area contributed by atoms with E-state index in [-0.39, 0.29) is 11.2 Å². The Balaban J connectivity index is 1.84. The van der Waals surface area contributed by atoms with Gasteiger partial charge in [-0.25, -0.2) is 0 Å². The van der Waals surface area contributed by atoms with Gasteiger partial charge in [0.05, 0.1) is 6.20 Å². The summed E-state index contributed by atoms with van der Waals surface area (Å²) in [5.74, 6) is 0.216. The summed E-state index contributed by atoms with van der Waals surface area (Å²) in [6.45, 7) is 1.55. The van der Waals surface area contributed by atoms with E-state index in [2.05, 4.69) is 22.8 Å². The fraction of sp³-hybridized carbons (Fsp3) is 0.556. The summed E-state index contributed by atoms with van der Waals surface area (Å²) >= 11 is 4.30. The molecule has 1 unspecified atom stereocenters. The summed E-state index contributed by atoms with van der Waals surface area (Å²) in [7, 11) is 0. The number of thiol groups is 1. The largest absolute Gasteiger partial charge is 0.341 e. The fourth-order valence-electron chi connectivity index (χ4n) is 1.65. The van der Waals surface area contributed by atoms with Crippen molar-refractivity contribution in [3.05, 3.63) is 18.0 Å². The quantitative estimate of drug-likeness (QED) is 0.715. The monoisotopic (exact) mass is 211 g/mol. The maximum absolute atomic E-state index is 11.4. The van der Waals surface area contributed by atoms with E-state index < -0.39 is 0 Å². The van der Waals surface area contributed by atoms with Gasteiger partial charge in [-0.05, 0) is 12.0 Å². The van der Waals surface area contributed by atoms with Gasteiger partial charge in [-0.15, -0.1) is 0 Å². The number of hydrogen-bond donors (Lipinski definition) is 2. The van der Waals surface area contributed by atoms with Crippen molar-refractivity contribution in [2.24, 2.45) is 0 Å². The second-order valence-electron chi connectivity index (χ2n) is 3.55. The molecule has 1 fully saturated rings. The highest BCUT2D eigenvalue weighted by molar-refractivity contribution is 7.81. The van der Waals surface area contributed by atoms with Gasteiger partial charge in [0.2, 0.25) is 5.91 Å². The second kappa shape index (κ2) is 4.04. The smallest absolute Gasteiger partial charge is 0.223 e. The van der Waals surface area contributed by atoms with Gasteiger partial charge in [-0.2, -0.15) is 17.7 Å². The van der Waals surface area contributed by atoms with Gasteiger partial charge in [0.15, 0.2) is 0 Å². The molecule has 0 spiro atoms. The first kappa shape index (κ1) is 9.58. The number of rotatable bonds is 3. The molecule has 1 amide bonds. The van der Waals surface area contributed by atoms with E-state index >= 15 is 0 Å². The number of nitrogens with one attached hydrogen (secondary N) is 1. The summed E-state index contributed by atoms with van der Waals surface area (Å²) in [6.07, 6.45) is 5.09. The molecule has 5 heteroatoms. The molecule has 1 aliphatic heterocycles. The van der Waals surface area contributed by atoms with Crippen molar-refractivity contribution in [1.29, 1.82) is 0 Å². The number of likely N-dealkylation sites (tertiary alicyclic amines) is 1. The lowest BCUT2D eigenvalue weighted by Crippen LogP contribution is -2.27. The van der Waals surface area contributed by atoms with Crippen molar-refractivity contribution < 1.29 is 4.79 Å². The molecule has 1 saturated heterocycles. The molecular weight excluding hydrogens is 198 g/mol. The summed E-state index contributed by atoms with van der Waals surface area (Å²) in [6, 6.07) is 0. The molecule has 76 valence electrons. The zero-order valence-corrected chi connectivity index (χ0v) is 8.70. The van der Waals surface area contributed by atoms with Crippen molar-refractivity contribution in [2.45, 2.75) is 18.1 Å². The van der Waals surface area contributed by atoms with E-state index in [4.69, 9.17) is 0 Å². The minimum Gasteiger partial charge on any atom is -0.341 e. The lowest BCUT2D eigenvalue weighted by atomic mass is 10.2. The van der Waals surface area contributed by atoms with Gasteiger partial charge in [0.1, 0.15) is 0 Å². The molecule has 0 aromatic carbocycles. The maximum Gasteiger partial charge on any atom is 0.223 e. The van der Waals surface area contributed by atoms with Gasteiger partial charge in [0, 0.05) is 31.0 Å². The van der Waals surface area contributed by atoms with E-state index in [0.717, 1.165) is 25.1 Å². The molecule has 0 saturated carbocycles. The van der Waals surface area contributed by atoms with E-state index in [9.17, 15) is 4.79 Å². The van der Waals surface area contributed by atoms with Crippen LogP contribution in [0.4, 0.5) is 0 Å². The topological polar surface area (TPSA) is 49.0 Å². The normalized spacial score (nSPS) is 21.9. The third-order valence-electron chi connectivity index (χ3n) is 2.42. The van der Waals surface area contributed by atoms with Crippen LogP contribution in [0.2, 0.25) is 0 Å². The van der Waals surface area contributed by atoms with Gasteiger partial charge in [0.25, 0.3) is 0 Å². The SMILES string of the molecule is O=C1CC(S)CN1CCc1cn[nH]c1. The summed E-state index contributed by atoms with van der Waals surface area (Å²) in [5, 5.41) is 6.83. The van der Waals surface area contributed by atoms with Crippen LogP contribution in [0.1, 0.15) is 12.0 Å². The molecule has 1 aromatic rings. The minimum absolute atomic E-state index is 0.215. The Morgan fingerprint density at radius 1 is 1.71 bits per heavy atom. The molecule has 2 rings (SSSR count). The summed E-state index contributed by atoms with van der Waals surface area (Å²) < 4.78 is 0. The lowest BCUT2D eigenvalue weighted by molar-refractivity contribution is -0.127. The molecule has 0 aliphatic carbocycles. The molecular formula is C9H13N3OS. The lowest BCUT2D eigenvalue weighted by Gasteiger charge is -2.14. The first-order valence-corrected chi connectivity index (χ1v) is 5.21. The van der Waals surface area contributed by atoms with E-state index in [1.807, 2.05) is 11.1 Å².